The summed E-state index contributed by atoms with van der Waals surface area (Å²) in [6, 6.07) is 1.90. The minimum absolute atomic E-state index is 0.115. The molecule has 0 bridgehead atoms. The Labute approximate surface area is 106 Å². The molecular formula is C12H16ClNO3. The zero-order valence-electron chi connectivity index (χ0n) is 9.93. The van der Waals surface area contributed by atoms with Gasteiger partial charge in [-0.25, -0.2) is 0 Å². The molecule has 17 heavy (non-hydrogen) atoms. The highest BCUT2D eigenvalue weighted by atomic mass is 35.5. The maximum absolute atomic E-state index is 8.34. The third-order valence-corrected chi connectivity index (χ3v) is 2.58. The molecule has 1 saturated heterocycles. The Morgan fingerprint density at radius 1 is 1.47 bits per heavy atom. The summed E-state index contributed by atoms with van der Waals surface area (Å²) in [6.45, 7) is 4.20. The second-order valence-electron chi connectivity index (χ2n) is 3.53. The second-order valence-corrected chi connectivity index (χ2v) is 3.80. The molecule has 5 heteroatoms. The molecule has 0 aromatic rings. The molecule has 1 rings (SSSR count). The third kappa shape index (κ3) is 3.83. The number of hydrogen-bond donors (Lipinski definition) is 0. The van der Waals surface area contributed by atoms with E-state index in [1.54, 1.807) is 12.2 Å². The maximum atomic E-state index is 8.34. The molecule has 0 radical (unpaired) electrons. The van der Waals surface area contributed by atoms with Crippen LogP contribution in [0.2, 0.25) is 0 Å². The number of ether oxygens (including phenoxy) is 3. The highest BCUT2D eigenvalue weighted by Gasteiger charge is 2.45. The summed E-state index contributed by atoms with van der Waals surface area (Å²) in [5.41, 5.74) is 0. The summed E-state index contributed by atoms with van der Waals surface area (Å²) in [6.07, 6.45) is 6.19. The summed E-state index contributed by atoms with van der Waals surface area (Å²) < 4.78 is 16.6. The lowest BCUT2D eigenvalue weighted by atomic mass is 10.2. The van der Waals surface area contributed by atoms with Crippen LogP contribution in [0.1, 0.15) is 13.8 Å². The van der Waals surface area contributed by atoms with Crippen LogP contribution in [0, 0.1) is 11.3 Å². The molecule has 0 aliphatic carbocycles. The second kappa shape index (κ2) is 6.77. The van der Waals surface area contributed by atoms with Gasteiger partial charge in [0, 0.05) is 12.7 Å². The summed E-state index contributed by atoms with van der Waals surface area (Å²) in [7, 11) is 0. The molecule has 3 atom stereocenters. The number of rotatable bonds is 5. The van der Waals surface area contributed by atoms with E-state index < -0.39 is 5.97 Å². The van der Waals surface area contributed by atoms with Crippen molar-refractivity contribution in [2.24, 2.45) is 0 Å². The van der Waals surface area contributed by atoms with Crippen LogP contribution in [0.4, 0.5) is 0 Å². The van der Waals surface area contributed by atoms with E-state index in [1.807, 2.05) is 26.0 Å². The first-order valence-corrected chi connectivity index (χ1v) is 5.99. The van der Waals surface area contributed by atoms with Crippen LogP contribution in [0.3, 0.4) is 0 Å². The maximum Gasteiger partial charge on any atom is 0.298 e. The van der Waals surface area contributed by atoms with Crippen molar-refractivity contribution in [3.8, 4) is 6.07 Å². The van der Waals surface area contributed by atoms with Crippen molar-refractivity contribution in [1.82, 2.24) is 0 Å². The minimum atomic E-state index is -1.15. The molecule has 0 spiro atoms. The molecule has 0 aromatic heterocycles. The number of alkyl halides is 1. The van der Waals surface area contributed by atoms with Crippen LogP contribution in [-0.2, 0) is 14.2 Å². The predicted molar refractivity (Wildman–Crippen MR) is 64.4 cm³/mol. The number of nitrogens with zero attached hydrogens (tertiary/aromatic N) is 1. The fourth-order valence-corrected chi connectivity index (χ4v) is 1.74. The lowest BCUT2D eigenvalue weighted by Crippen LogP contribution is -2.36. The van der Waals surface area contributed by atoms with Crippen molar-refractivity contribution < 1.29 is 14.2 Å². The molecule has 4 nitrogen and oxygen atoms in total. The molecule has 1 aliphatic heterocycles. The first-order valence-electron chi connectivity index (χ1n) is 5.46. The SMILES string of the molecule is CCOC1(CCl)O[C@H](C)[C@@H](/C=C/C=C/C#N)O1. The van der Waals surface area contributed by atoms with E-state index in [4.69, 9.17) is 31.1 Å². The normalized spacial score (nSPS) is 33.5. The fourth-order valence-electron chi connectivity index (χ4n) is 1.54. The number of allylic oxidation sites excluding steroid dienone is 3. The van der Waals surface area contributed by atoms with Gasteiger partial charge in [0.25, 0.3) is 5.97 Å². The largest absolute Gasteiger partial charge is 0.327 e. The van der Waals surface area contributed by atoms with E-state index in [-0.39, 0.29) is 18.1 Å². The van der Waals surface area contributed by atoms with Gasteiger partial charge in [-0.3, -0.25) is 0 Å². The van der Waals surface area contributed by atoms with Crippen molar-refractivity contribution >= 4 is 11.6 Å². The van der Waals surface area contributed by atoms with Gasteiger partial charge in [0.15, 0.2) is 0 Å². The van der Waals surface area contributed by atoms with Gasteiger partial charge in [-0.05, 0) is 13.8 Å². The van der Waals surface area contributed by atoms with E-state index in [1.165, 1.54) is 6.08 Å². The van der Waals surface area contributed by atoms with Crippen molar-refractivity contribution in [3.63, 3.8) is 0 Å². The fraction of sp³-hybridized carbons (Fsp3) is 0.583. The highest BCUT2D eigenvalue weighted by molar-refractivity contribution is 6.18. The Hall–Kier alpha value is -0.860. The zero-order valence-corrected chi connectivity index (χ0v) is 10.7. The van der Waals surface area contributed by atoms with Crippen LogP contribution < -0.4 is 0 Å². The first kappa shape index (κ1) is 14.2. The van der Waals surface area contributed by atoms with E-state index >= 15 is 0 Å². The zero-order chi connectivity index (χ0) is 12.7. The highest BCUT2D eigenvalue weighted by Crippen LogP contribution is 2.31. The quantitative estimate of drug-likeness (QED) is 0.431. The molecule has 0 N–H and O–H groups in total. The van der Waals surface area contributed by atoms with E-state index in [2.05, 4.69) is 0 Å². The number of nitriles is 1. The standard InChI is InChI=1S/C12H16ClNO3/c1-3-15-12(9-13)16-10(2)11(17-12)7-5-4-6-8-14/h4-7,10-11H,3,9H2,1-2H3/b6-4+,7-5+/t10-,11-,12?/m1/s1. The van der Waals surface area contributed by atoms with Gasteiger partial charge in [0.05, 0.1) is 12.2 Å². The molecule has 0 amide bonds. The van der Waals surface area contributed by atoms with Gasteiger partial charge >= 0.3 is 0 Å². The molecule has 0 aromatic carbocycles. The van der Waals surface area contributed by atoms with Crippen LogP contribution in [0.25, 0.3) is 0 Å². The predicted octanol–water partition coefficient (Wildman–Crippen LogP) is 2.36. The van der Waals surface area contributed by atoms with Gasteiger partial charge in [0.2, 0.25) is 0 Å². The Kier molecular flexibility index (Phi) is 5.66. The molecule has 0 saturated carbocycles. The minimum Gasteiger partial charge on any atom is -0.327 e. The van der Waals surface area contributed by atoms with Gasteiger partial charge < -0.3 is 14.2 Å². The van der Waals surface area contributed by atoms with Crippen molar-refractivity contribution in [1.29, 1.82) is 5.26 Å². The summed E-state index contributed by atoms with van der Waals surface area (Å²) in [5.74, 6) is -1.03. The Bertz CT molecular complexity index is 337. The molecular weight excluding hydrogens is 242 g/mol. The van der Waals surface area contributed by atoms with E-state index in [0.29, 0.717) is 6.61 Å². The van der Waals surface area contributed by atoms with Crippen molar-refractivity contribution in [2.45, 2.75) is 32.0 Å². The van der Waals surface area contributed by atoms with E-state index in [9.17, 15) is 0 Å². The molecule has 1 heterocycles. The van der Waals surface area contributed by atoms with Crippen LogP contribution >= 0.6 is 11.6 Å². The average Bonchev–Trinajstić information content (AvgIpc) is 2.63. The average molecular weight is 258 g/mol. The summed E-state index contributed by atoms with van der Waals surface area (Å²) in [5, 5.41) is 8.34. The lowest BCUT2D eigenvalue weighted by molar-refractivity contribution is -0.322. The van der Waals surface area contributed by atoms with Crippen LogP contribution in [-0.4, -0.2) is 30.7 Å². The van der Waals surface area contributed by atoms with Gasteiger partial charge in [-0.2, -0.15) is 5.26 Å². The molecule has 1 aliphatic rings. The van der Waals surface area contributed by atoms with Gasteiger partial charge in [-0.1, -0.05) is 18.2 Å². The topological polar surface area (TPSA) is 51.5 Å². The monoisotopic (exact) mass is 257 g/mol. The van der Waals surface area contributed by atoms with Crippen molar-refractivity contribution in [3.05, 3.63) is 24.3 Å². The smallest absolute Gasteiger partial charge is 0.298 e. The molecule has 1 fully saturated rings. The Morgan fingerprint density at radius 3 is 2.82 bits per heavy atom. The van der Waals surface area contributed by atoms with Gasteiger partial charge in [0.1, 0.15) is 12.0 Å². The Balaban J connectivity index is 2.63. The number of hydrogen-bond acceptors (Lipinski definition) is 4. The third-order valence-electron chi connectivity index (χ3n) is 2.25. The Morgan fingerprint density at radius 2 is 2.24 bits per heavy atom. The van der Waals surface area contributed by atoms with Gasteiger partial charge in [-0.15, -0.1) is 11.6 Å². The molecule has 1 unspecified atom stereocenters. The lowest BCUT2D eigenvalue weighted by Gasteiger charge is -2.24. The first-order chi connectivity index (χ1) is 8.17. The van der Waals surface area contributed by atoms with Crippen molar-refractivity contribution in [2.75, 3.05) is 12.5 Å². The summed E-state index contributed by atoms with van der Waals surface area (Å²) in [4.78, 5) is 0. The summed E-state index contributed by atoms with van der Waals surface area (Å²) >= 11 is 5.80. The van der Waals surface area contributed by atoms with Crippen LogP contribution in [0.5, 0.6) is 0 Å². The van der Waals surface area contributed by atoms with E-state index in [0.717, 1.165) is 0 Å². The van der Waals surface area contributed by atoms with Crippen LogP contribution in [0.15, 0.2) is 24.3 Å². The number of halogens is 1. The molecule has 94 valence electrons.